The van der Waals surface area contributed by atoms with Gasteiger partial charge in [0.05, 0.1) is 5.52 Å². The minimum absolute atomic E-state index is 0.0463. The van der Waals surface area contributed by atoms with Gasteiger partial charge in [0.1, 0.15) is 5.69 Å². The number of likely N-dealkylation sites (tertiary alicyclic amines) is 1. The smallest absolute Gasteiger partial charge is 0.272 e. The van der Waals surface area contributed by atoms with Crippen molar-refractivity contribution in [2.24, 2.45) is 0 Å². The first kappa shape index (κ1) is 16.5. The fraction of sp³-hybridized carbons (Fsp3) is 0.500. The maximum absolute atomic E-state index is 12.7. The lowest BCUT2D eigenvalue weighted by Crippen LogP contribution is -2.63. The minimum Gasteiger partial charge on any atom is -0.381 e. The van der Waals surface area contributed by atoms with Crippen LogP contribution in [0.3, 0.4) is 0 Å². The highest BCUT2D eigenvalue weighted by molar-refractivity contribution is 5.95. The summed E-state index contributed by atoms with van der Waals surface area (Å²) in [4.78, 5) is 21.7. The zero-order valence-electron chi connectivity index (χ0n) is 14.7. The third-order valence-electron chi connectivity index (χ3n) is 5.46. The molecule has 5 heteroatoms. The largest absolute Gasteiger partial charge is 0.381 e. The Labute approximate surface area is 148 Å². The molecule has 0 bridgehead atoms. The number of pyridine rings is 1. The fourth-order valence-corrected chi connectivity index (χ4v) is 4.01. The lowest BCUT2D eigenvalue weighted by molar-refractivity contribution is -0.0223. The summed E-state index contributed by atoms with van der Waals surface area (Å²) in [6.45, 7) is 6.57. The summed E-state index contributed by atoms with van der Waals surface area (Å²) in [7, 11) is 0. The van der Waals surface area contributed by atoms with Gasteiger partial charge in [-0.2, -0.15) is 0 Å². The molecule has 2 aliphatic rings. The van der Waals surface area contributed by atoms with Gasteiger partial charge >= 0.3 is 0 Å². The number of amides is 1. The molecule has 0 spiro atoms. The van der Waals surface area contributed by atoms with E-state index < -0.39 is 0 Å². The number of para-hydroxylation sites is 1. The average Bonchev–Trinajstić information content (AvgIpc) is 2.64. The van der Waals surface area contributed by atoms with E-state index in [4.69, 9.17) is 4.74 Å². The first-order valence-corrected chi connectivity index (χ1v) is 9.25. The van der Waals surface area contributed by atoms with E-state index in [1.54, 1.807) is 0 Å². The van der Waals surface area contributed by atoms with Crippen LogP contribution in [0, 0.1) is 0 Å². The highest BCUT2D eigenvalue weighted by Gasteiger charge is 2.38. The molecule has 1 amide bonds. The quantitative estimate of drug-likeness (QED) is 0.859. The van der Waals surface area contributed by atoms with Crippen molar-refractivity contribution in [2.45, 2.75) is 31.8 Å². The Morgan fingerprint density at radius 2 is 1.92 bits per heavy atom. The fourth-order valence-electron chi connectivity index (χ4n) is 4.01. The molecule has 3 heterocycles. The van der Waals surface area contributed by atoms with E-state index >= 15 is 0 Å². The average molecular weight is 339 g/mol. The third-order valence-corrected chi connectivity index (χ3v) is 5.46. The number of carbonyl (C=O) groups excluding carboxylic acids is 1. The zero-order valence-corrected chi connectivity index (χ0v) is 14.7. The molecule has 2 aliphatic heterocycles. The number of nitrogens with zero attached hydrogens (tertiary/aromatic N) is 3. The highest BCUT2D eigenvalue weighted by atomic mass is 16.5. The predicted molar refractivity (Wildman–Crippen MR) is 97.7 cm³/mol. The maximum atomic E-state index is 12.7. The second-order valence-electron chi connectivity index (χ2n) is 6.93. The van der Waals surface area contributed by atoms with Crippen LogP contribution in [0.2, 0.25) is 0 Å². The van der Waals surface area contributed by atoms with Gasteiger partial charge in [0, 0.05) is 43.8 Å². The number of carbonyl (C=O) groups is 1. The van der Waals surface area contributed by atoms with Gasteiger partial charge in [0.15, 0.2) is 0 Å². The van der Waals surface area contributed by atoms with Gasteiger partial charge in [0.25, 0.3) is 5.91 Å². The van der Waals surface area contributed by atoms with Crippen LogP contribution in [-0.4, -0.2) is 65.6 Å². The Morgan fingerprint density at radius 1 is 1.16 bits per heavy atom. The maximum Gasteiger partial charge on any atom is 0.272 e. The molecule has 0 unspecified atom stereocenters. The molecule has 0 N–H and O–H groups in total. The molecule has 2 fully saturated rings. The molecule has 2 aromatic rings. The number of aromatic nitrogens is 1. The number of fused-ring (bicyclic) bond motifs is 1. The van der Waals surface area contributed by atoms with E-state index in [0.29, 0.717) is 17.8 Å². The topological polar surface area (TPSA) is 45.7 Å². The summed E-state index contributed by atoms with van der Waals surface area (Å²) in [5.74, 6) is 0.0463. The molecule has 4 rings (SSSR count). The molecule has 0 saturated carbocycles. The molecule has 0 atom stereocenters. The number of benzene rings is 1. The van der Waals surface area contributed by atoms with E-state index in [-0.39, 0.29) is 5.91 Å². The molecule has 1 aromatic heterocycles. The Bertz CT molecular complexity index is 751. The van der Waals surface area contributed by atoms with Gasteiger partial charge in [-0.1, -0.05) is 31.2 Å². The Hall–Kier alpha value is -1.98. The molecule has 5 nitrogen and oxygen atoms in total. The van der Waals surface area contributed by atoms with Crippen LogP contribution >= 0.6 is 0 Å². The van der Waals surface area contributed by atoms with Gasteiger partial charge in [-0.05, 0) is 31.5 Å². The van der Waals surface area contributed by atoms with Gasteiger partial charge in [0.2, 0.25) is 0 Å². The molecule has 132 valence electrons. The van der Waals surface area contributed by atoms with E-state index in [0.717, 1.165) is 56.6 Å². The van der Waals surface area contributed by atoms with Crippen molar-refractivity contribution in [3.05, 3.63) is 42.1 Å². The van der Waals surface area contributed by atoms with Gasteiger partial charge in [-0.3, -0.25) is 9.69 Å². The van der Waals surface area contributed by atoms with Gasteiger partial charge in [-0.15, -0.1) is 0 Å². The Kier molecular flexibility index (Phi) is 4.68. The van der Waals surface area contributed by atoms with E-state index in [1.807, 2.05) is 41.3 Å². The molecule has 0 aliphatic carbocycles. The summed E-state index contributed by atoms with van der Waals surface area (Å²) in [5.41, 5.74) is 1.43. The number of rotatable bonds is 4. The predicted octanol–water partition coefficient (Wildman–Crippen LogP) is 2.56. The summed E-state index contributed by atoms with van der Waals surface area (Å²) in [5, 5.41) is 1.07. The van der Waals surface area contributed by atoms with Crippen LogP contribution in [-0.2, 0) is 4.74 Å². The molecular weight excluding hydrogens is 314 g/mol. The summed E-state index contributed by atoms with van der Waals surface area (Å²) < 4.78 is 5.48. The zero-order chi connectivity index (χ0) is 17.2. The highest BCUT2D eigenvalue weighted by Crippen LogP contribution is 2.24. The second-order valence-corrected chi connectivity index (χ2v) is 6.93. The standard InChI is InChI=1S/C20H25N3O2/c1-2-23(16-9-11-25-12-10-16)17-13-22(14-17)20(24)19-8-7-15-5-3-4-6-18(15)21-19/h3-8,16-17H,2,9-14H2,1H3. The molecular formula is C20H25N3O2. The van der Waals surface area contributed by atoms with E-state index in [2.05, 4.69) is 16.8 Å². The van der Waals surface area contributed by atoms with Crippen LogP contribution in [0.5, 0.6) is 0 Å². The lowest BCUT2D eigenvalue weighted by atomic mass is 9.99. The number of hydrogen-bond acceptors (Lipinski definition) is 4. The van der Waals surface area contributed by atoms with E-state index in [9.17, 15) is 4.79 Å². The minimum atomic E-state index is 0.0463. The van der Waals surface area contributed by atoms with Crippen molar-refractivity contribution < 1.29 is 9.53 Å². The van der Waals surface area contributed by atoms with Gasteiger partial charge < -0.3 is 9.64 Å². The number of likely N-dealkylation sites (N-methyl/N-ethyl adjacent to an activating group) is 1. The van der Waals surface area contributed by atoms with Crippen LogP contribution in [0.1, 0.15) is 30.3 Å². The first-order valence-electron chi connectivity index (χ1n) is 9.25. The van der Waals surface area contributed by atoms with Crippen molar-refractivity contribution >= 4 is 16.8 Å². The van der Waals surface area contributed by atoms with Crippen LogP contribution in [0.15, 0.2) is 36.4 Å². The number of ether oxygens (including phenoxy) is 1. The molecule has 2 saturated heterocycles. The van der Waals surface area contributed by atoms with Crippen molar-refractivity contribution in [3.8, 4) is 0 Å². The Balaban J connectivity index is 1.41. The van der Waals surface area contributed by atoms with Crippen LogP contribution in [0.25, 0.3) is 10.9 Å². The summed E-state index contributed by atoms with van der Waals surface area (Å²) >= 11 is 0. The number of hydrogen-bond donors (Lipinski definition) is 0. The van der Waals surface area contributed by atoms with E-state index in [1.165, 1.54) is 0 Å². The van der Waals surface area contributed by atoms with Crippen LogP contribution in [0.4, 0.5) is 0 Å². The lowest BCUT2D eigenvalue weighted by Gasteiger charge is -2.48. The SMILES string of the molecule is CCN(C1CCOCC1)C1CN(C(=O)c2ccc3ccccc3n2)C1. The van der Waals surface area contributed by atoms with Crippen molar-refractivity contribution in [3.63, 3.8) is 0 Å². The second kappa shape index (κ2) is 7.10. The van der Waals surface area contributed by atoms with Crippen molar-refractivity contribution in [1.29, 1.82) is 0 Å². The summed E-state index contributed by atoms with van der Waals surface area (Å²) in [6, 6.07) is 12.8. The molecule has 25 heavy (non-hydrogen) atoms. The van der Waals surface area contributed by atoms with Gasteiger partial charge in [-0.25, -0.2) is 4.98 Å². The van der Waals surface area contributed by atoms with Crippen molar-refractivity contribution in [2.75, 3.05) is 32.8 Å². The van der Waals surface area contributed by atoms with Crippen LogP contribution < -0.4 is 0 Å². The monoisotopic (exact) mass is 339 g/mol. The molecule has 1 aromatic carbocycles. The first-order chi connectivity index (χ1) is 12.3. The van der Waals surface area contributed by atoms with Crippen molar-refractivity contribution in [1.82, 2.24) is 14.8 Å². The normalized spacial score (nSPS) is 19.4. The third kappa shape index (κ3) is 3.26. The molecule has 0 radical (unpaired) electrons. The summed E-state index contributed by atoms with van der Waals surface area (Å²) in [6.07, 6.45) is 2.20. The Morgan fingerprint density at radius 3 is 2.68 bits per heavy atom.